The van der Waals surface area contributed by atoms with Gasteiger partial charge in [-0.1, -0.05) is 29.8 Å². The van der Waals surface area contributed by atoms with Crippen LogP contribution in [0.2, 0.25) is 0 Å². The third-order valence-corrected chi connectivity index (χ3v) is 4.70. The zero-order valence-electron chi connectivity index (χ0n) is 13.5. The van der Waals surface area contributed by atoms with Crippen LogP contribution in [0, 0.1) is 6.92 Å². The smallest absolute Gasteiger partial charge is 0.206 e. The fourth-order valence-electron chi connectivity index (χ4n) is 3.44. The molecule has 4 rings (SSSR count). The van der Waals surface area contributed by atoms with Crippen LogP contribution in [0.5, 0.6) is 0 Å². The number of anilines is 1. The number of likely N-dealkylation sites (N-methyl/N-ethyl adjacent to an activating group) is 1. The van der Waals surface area contributed by atoms with Crippen molar-refractivity contribution in [1.29, 1.82) is 0 Å². The Morgan fingerprint density at radius 1 is 1.17 bits per heavy atom. The number of nitrogen functional groups attached to an aromatic ring is 1. The van der Waals surface area contributed by atoms with E-state index in [0.717, 1.165) is 42.1 Å². The van der Waals surface area contributed by atoms with Crippen molar-refractivity contribution in [2.24, 2.45) is 0 Å². The van der Waals surface area contributed by atoms with Gasteiger partial charge in [-0.05, 0) is 33.0 Å². The fraction of sp³-hybridized carbons (Fsp3) is 0.333. The molecule has 2 aromatic heterocycles. The van der Waals surface area contributed by atoms with Crippen LogP contribution in [0.4, 0.5) is 5.95 Å². The number of nitrogens with two attached hydrogens (primary N) is 1. The van der Waals surface area contributed by atoms with Crippen molar-refractivity contribution < 1.29 is 0 Å². The van der Waals surface area contributed by atoms with Gasteiger partial charge in [0.25, 0.3) is 0 Å². The first kappa shape index (κ1) is 14.2. The van der Waals surface area contributed by atoms with Gasteiger partial charge in [-0.3, -0.25) is 4.40 Å². The van der Waals surface area contributed by atoms with E-state index in [2.05, 4.69) is 48.1 Å². The molecule has 3 heterocycles. The zero-order valence-corrected chi connectivity index (χ0v) is 13.5. The Labute approximate surface area is 135 Å². The van der Waals surface area contributed by atoms with Crippen LogP contribution in [-0.2, 0) is 0 Å². The molecule has 0 aliphatic carbocycles. The minimum atomic E-state index is 0.455. The number of rotatable bonds is 2. The van der Waals surface area contributed by atoms with Gasteiger partial charge in [0, 0.05) is 24.2 Å². The predicted molar refractivity (Wildman–Crippen MR) is 92.4 cm³/mol. The lowest BCUT2D eigenvalue weighted by Crippen LogP contribution is -2.13. The van der Waals surface area contributed by atoms with Gasteiger partial charge in [0.15, 0.2) is 0 Å². The largest absolute Gasteiger partial charge is 0.369 e. The quantitative estimate of drug-likeness (QED) is 0.791. The Morgan fingerprint density at radius 2 is 1.96 bits per heavy atom. The molecular weight excluding hydrogens is 286 g/mol. The molecule has 1 aliphatic heterocycles. The normalized spacial score (nSPS) is 18.8. The molecule has 5 nitrogen and oxygen atoms in total. The summed E-state index contributed by atoms with van der Waals surface area (Å²) in [6, 6.07) is 10.4. The van der Waals surface area contributed by atoms with Crippen molar-refractivity contribution in [3.05, 3.63) is 47.8 Å². The number of nitrogens with zero attached hydrogens (tertiary/aromatic N) is 4. The van der Waals surface area contributed by atoms with E-state index >= 15 is 0 Å². The molecule has 118 valence electrons. The molecule has 3 aromatic rings. The van der Waals surface area contributed by atoms with Gasteiger partial charge in [-0.15, -0.1) is 0 Å². The van der Waals surface area contributed by atoms with Crippen molar-refractivity contribution in [2.75, 3.05) is 25.9 Å². The van der Waals surface area contributed by atoms with Crippen LogP contribution in [0.3, 0.4) is 0 Å². The van der Waals surface area contributed by atoms with Gasteiger partial charge >= 0.3 is 0 Å². The van der Waals surface area contributed by atoms with Crippen molar-refractivity contribution >= 4 is 11.5 Å². The average Bonchev–Trinajstić information content (AvgIpc) is 3.13. The first-order valence-corrected chi connectivity index (χ1v) is 8.02. The molecule has 5 heteroatoms. The number of hydrogen-bond acceptors (Lipinski definition) is 4. The Kier molecular flexibility index (Phi) is 3.31. The molecule has 1 aromatic carbocycles. The number of imidazole rings is 1. The highest BCUT2D eigenvalue weighted by Gasteiger charge is 2.27. The van der Waals surface area contributed by atoms with Gasteiger partial charge in [0.2, 0.25) is 5.95 Å². The van der Waals surface area contributed by atoms with E-state index in [0.29, 0.717) is 11.9 Å². The summed E-state index contributed by atoms with van der Waals surface area (Å²) in [7, 11) is 2.16. The molecule has 23 heavy (non-hydrogen) atoms. The second-order valence-electron chi connectivity index (χ2n) is 6.46. The fourth-order valence-corrected chi connectivity index (χ4v) is 3.44. The predicted octanol–water partition coefficient (Wildman–Crippen LogP) is 2.71. The van der Waals surface area contributed by atoms with Crippen molar-refractivity contribution in [3.8, 4) is 11.4 Å². The number of hydrogen-bond donors (Lipinski definition) is 1. The van der Waals surface area contributed by atoms with E-state index in [9.17, 15) is 0 Å². The Bertz CT molecular complexity index is 850. The van der Waals surface area contributed by atoms with E-state index < -0.39 is 0 Å². The molecule has 1 atom stereocenters. The van der Waals surface area contributed by atoms with Gasteiger partial charge < -0.3 is 10.6 Å². The summed E-state index contributed by atoms with van der Waals surface area (Å²) in [6.07, 6.45) is 2.91. The lowest BCUT2D eigenvalue weighted by Gasteiger charge is -2.08. The maximum absolute atomic E-state index is 6.17. The summed E-state index contributed by atoms with van der Waals surface area (Å²) in [5, 5.41) is 0. The van der Waals surface area contributed by atoms with Crippen LogP contribution in [-0.4, -0.2) is 39.4 Å². The zero-order chi connectivity index (χ0) is 16.0. The Balaban J connectivity index is 1.92. The summed E-state index contributed by atoms with van der Waals surface area (Å²) in [5.74, 6) is 1.83. The maximum atomic E-state index is 6.17. The molecule has 1 fully saturated rings. The minimum Gasteiger partial charge on any atom is -0.369 e. The van der Waals surface area contributed by atoms with Gasteiger partial charge in [0.05, 0.1) is 11.2 Å². The summed E-state index contributed by atoms with van der Waals surface area (Å²) in [6.45, 7) is 4.25. The van der Waals surface area contributed by atoms with Crippen molar-refractivity contribution in [1.82, 2.24) is 19.3 Å². The number of aromatic nitrogens is 3. The number of likely N-dealkylation sites (tertiary alicyclic amines) is 1. The lowest BCUT2D eigenvalue weighted by molar-refractivity contribution is 0.411. The SMILES string of the molecule is Cc1ccc(-c2nc(C3CCN(C)C3)c3ccnc(N)n23)cc1. The number of aryl methyl sites for hydroxylation is 1. The maximum Gasteiger partial charge on any atom is 0.206 e. The van der Waals surface area contributed by atoms with Gasteiger partial charge in [-0.2, -0.15) is 0 Å². The summed E-state index contributed by atoms with van der Waals surface area (Å²) in [4.78, 5) is 11.6. The van der Waals surface area contributed by atoms with E-state index in [-0.39, 0.29) is 0 Å². The molecule has 0 spiro atoms. The third-order valence-electron chi connectivity index (χ3n) is 4.70. The third kappa shape index (κ3) is 2.37. The second-order valence-corrected chi connectivity index (χ2v) is 6.46. The van der Waals surface area contributed by atoms with Crippen LogP contribution >= 0.6 is 0 Å². The Morgan fingerprint density at radius 3 is 2.65 bits per heavy atom. The van der Waals surface area contributed by atoms with E-state index in [1.54, 1.807) is 6.20 Å². The molecular formula is C18H21N5. The molecule has 1 saturated heterocycles. The first-order valence-electron chi connectivity index (χ1n) is 8.02. The molecule has 1 aliphatic rings. The monoisotopic (exact) mass is 307 g/mol. The van der Waals surface area contributed by atoms with Crippen molar-refractivity contribution in [2.45, 2.75) is 19.3 Å². The lowest BCUT2D eigenvalue weighted by atomic mass is 10.0. The average molecular weight is 307 g/mol. The summed E-state index contributed by atoms with van der Waals surface area (Å²) in [5.41, 5.74) is 10.7. The summed E-state index contributed by atoms with van der Waals surface area (Å²) < 4.78 is 1.98. The number of benzene rings is 1. The van der Waals surface area contributed by atoms with Crippen molar-refractivity contribution in [3.63, 3.8) is 0 Å². The van der Waals surface area contributed by atoms with E-state index in [1.165, 1.54) is 5.56 Å². The highest BCUT2D eigenvalue weighted by Crippen LogP contribution is 2.33. The highest BCUT2D eigenvalue weighted by molar-refractivity contribution is 5.68. The van der Waals surface area contributed by atoms with Crippen LogP contribution in [0.25, 0.3) is 16.9 Å². The van der Waals surface area contributed by atoms with Crippen LogP contribution < -0.4 is 5.73 Å². The standard InChI is InChI=1S/C18H21N5/c1-12-3-5-13(6-4-12)17-21-16(14-8-10-22(2)11-14)15-7-9-20-18(19)23(15)17/h3-7,9,14H,8,10-11H2,1-2H3,(H2,19,20). The molecule has 0 amide bonds. The summed E-state index contributed by atoms with van der Waals surface area (Å²) >= 11 is 0. The van der Waals surface area contributed by atoms with Gasteiger partial charge in [-0.25, -0.2) is 9.97 Å². The molecule has 0 saturated carbocycles. The highest BCUT2D eigenvalue weighted by atomic mass is 15.2. The first-order chi connectivity index (χ1) is 11.1. The number of fused-ring (bicyclic) bond motifs is 1. The van der Waals surface area contributed by atoms with Crippen LogP contribution in [0.15, 0.2) is 36.5 Å². The minimum absolute atomic E-state index is 0.455. The van der Waals surface area contributed by atoms with E-state index in [1.807, 2.05) is 10.5 Å². The Hall–Kier alpha value is -2.40. The topological polar surface area (TPSA) is 59.5 Å². The van der Waals surface area contributed by atoms with Gasteiger partial charge in [0.1, 0.15) is 5.82 Å². The second kappa shape index (κ2) is 5.35. The molecule has 0 radical (unpaired) electrons. The molecule has 0 bridgehead atoms. The molecule has 1 unspecified atom stereocenters. The van der Waals surface area contributed by atoms with Crippen LogP contribution in [0.1, 0.15) is 23.6 Å². The molecule has 2 N–H and O–H groups in total. The van der Waals surface area contributed by atoms with E-state index in [4.69, 9.17) is 10.7 Å².